The maximum Gasteiger partial charge on any atom is 0.159 e. The molecule has 2 heterocycles. The van der Waals surface area contributed by atoms with Gasteiger partial charge in [0.2, 0.25) is 0 Å². The number of rotatable bonds is 2. The largest absolute Gasteiger partial charge is 0.388 e. The van der Waals surface area contributed by atoms with Crippen LogP contribution in [-0.4, -0.2) is 27.2 Å². The van der Waals surface area contributed by atoms with E-state index in [0.29, 0.717) is 0 Å². The van der Waals surface area contributed by atoms with E-state index >= 15 is 0 Å². The Morgan fingerprint density at radius 2 is 2.14 bits per heavy atom. The quantitative estimate of drug-likeness (QED) is 0.675. The Labute approximate surface area is 122 Å². The van der Waals surface area contributed by atoms with Crippen molar-refractivity contribution in [2.45, 2.75) is 19.3 Å². The first-order valence-corrected chi connectivity index (χ1v) is 7.56. The van der Waals surface area contributed by atoms with E-state index < -0.39 is 0 Å². The zero-order valence-corrected chi connectivity index (χ0v) is 11.9. The number of anilines is 1. The third-order valence-electron chi connectivity index (χ3n) is 4.95. The van der Waals surface area contributed by atoms with Gasteiger partial charge in [-0.05, 0) is 49.3 Å². The molecule has 0 bridgehead atoms. The number of benzene rings is 1. The number of H-pyrrole nitrogens is 2. The van der Waals surface area contributed by atoms with Gasteiger partial charge in [-0.1, -0.05) is 0 Å². The Morgan fingerprint density at radius 3 is 3.05 bits per heavy atom. The number of fused-ring (bicyclic) bond motifs is 3. The molecule has 5 rings (SSSR count). The summed E-state index contributed by atoms with van der Waals surface area (Å²) in [6.45, 7) is 0. The van der Waals surface area contributed by atoms with Crippen molar-refractivity contribution >= 4 is 16.7 Å². The van der Waals surface area contributed by atoms with Crippen LogP contribution in [0.25, 0.3) is 22.6 Å². The molecule has 5 heteroatoms. The molecule has 21 heavy (non-hydrogen) atoms. The van der Waals surface area contributed by atoms with Gasteiger partial charge >= 0.3 is 0 Å². The van der Waals surface area contributed by atoms with E-state index in [9.17, 15) is 0 Å². The lowest BCUT2D eigenvalue weighted by molar-refractivity contribution is 0.639. The lowest BCUT2D eigenvalue weighted by atomic mass is 9.96. The fourth-order valence-electron chi connectivity index (χ4n) is 3.60. The summed E-state index contributed by atoms with van der Waals surface area (Å²) in [5.41, 5.74) is 6.83. The van der Waals surface area contributed by atoms with Gasteiger partial charge in [0.1, 0.15) is 5.69 Å². The van der Waals surface area contributed by atoms with Gasteiger partial charge in [0.05, 0.1) is 11.0 Å². The summed E-state index contributed by atoms with van der Waals surface area (Å²) in [6.07, 6.45) is 3.70. The van der Waals surface area contributed by atoms with Crippen LogP contribution in [0.5, 0.6) is 0 Å². The molecule has 0 spiro atoms. The highest BCUT2D eigenvalue weighted by Crippen LogP contribution is 2.49. The number of nitrogens with one attached hydrogen (secondary N) is 3. The molecule has 0 saturated heterocycles. The van der Waals surface area contributed by atoms with Crippen molar-refractivity contribution in [3.05, 3.63) is 29.5 Å². The predicted octanol–water partition coefficient (Wildman–Crippen LogP) is 2.73. The minimum Gasteiger partial charge on any atom is -0.388 e. The summed E-state index contributed by atoms with van der Waals surface area (Å²) in [5.74, 6) is 2.67. The molecule has 2 aliphatic rings. The molecule has 2 unspecified atom stereocenters. The number of nitrogens with zero attached hydrogens (tertiary/aromatic N) is 2. The van der Waals surface area contributed by atoms with E-state index in [2.05, 4.69) is 26.6 Å². The summed E-state index contributed by atoms with van der Waals surface area (Å²) >= 11 is 0. The van der Waals surface area contributed by atoms with E-state index in [1.54, 1.807) is 0 Å². The zero-order chi connectivity index (χ0) is 14.0. The topological polar surface area (TPSA) is 69.4 Å². The van der Waals surface area contributed by atoms with Crippen LogP contribution in [0, 0.1) is 11.8 Å². The number of hydrogen-bond donors (Lipinski definition) is 3. The standard InChI is InChI=1S/C16H17N5/c1-17-10-2-3-12-14(7-10)19-16(18-12)15-11-5-8-4-9(8)6-13(11)20-21-15/h2-3,7-9,17H,4-6H2,1H3,(H,18,19)(H,20,21). The van der Waals surface area contributed by atoms with Crippen molar-refractivity contribution in [1.29, 1.82) is 0 Å². The predicted molar refractivity (Wildman–Crippen MR) is 82.2 cm³/mol. The Morgan fingerprint density at radius 1 is 1.24 bits per heavy atom. The van der Waals surface area contributed by atoms with Crippen LogP contribution in [0.3, 0.4) is 0 Å². The van der Waals surface area contributed by atoms with Crippen LogP contribution < -0.4 is 5.32 Å². The van der Waals surface area contributed by atoms with Crippen molar-refractivity contribution < 1.29 is 0 Å². The van der Waals surface area contributed by atoms with Crippen molar-refractivity contribution in [1.82, 2.24) is 20.2 Å². The first-order valence-electron chi connectivity index (χ1n) is 7.56. The van der Waals surface area contributed by atoms with Gasteiger partial charge < -0.3 is 10.3 Å². The smallest absolute Gasteiger partial charge is 0.159 e. The van der Waals surface area contributed by atoms with Crippen LogP contribution in [-0.2, 0) is 12.8 Å². The van der Waals surface area contributed by atoms with Gasteiger partial charge in [0.15, 0.2) is 5.82 Å². The summed E-state index contributed by atoms with van der Waals surface area (Å²) in [5, 5.41) is 10.9. The fraction of sp³-hybridized carbons (Fsp3) is 0.375. The molecular formula is C16H17N5. The lowest BCUT2D eigenvalue weighted by Crippen LogP contribution is -2.04. The van der Waals surface area contributed by atoms with Gasteiger partial charge in [-0.15, -0.1) is 0 Å². The Kier molecular flexibility index (Phi) is 2.10. The maximum absolute atomic E-state index is 4.71. The molecule has 0 amide bonds. The molecule has 1 saturated carbocycles. The van der Waals surface area contributed by atoms with Crippen molar-refractivity contribution in [3.63, 3.8) is 0 Å². The van der Waals surface area contributed by atoms with Crippen LogP contribution >= 0.6 is 0 Å². The second kappa shape index (κ2) is 3.87. The fourth-order valence-corrected chi connectivity index (χ4v) is 3.60. The molecule has 1 fully saturated rings. The average molecular weight is 279 g/mol. The molecule has 5 nitrogen and oxygen atoms in total. The van der Waals surface area contributed by atoms with E-state index in [1.807, 2.05) is 19.2 Å². The molecule has 106 valence electrons. The van der Waals surface area contributed by atoms with Crippen LogP contribution in [0.4, 0.5) is 5.69 Å². The Balaban J connectivity index is 1.62. The van der Waals surface area contributed by atoms with E-state index in [-0.39, 0.29) is 0 Å². The number of hydrogen-bond acceptors (Lipinski definition) is 3. The summed E-state index contributed by atoms with van der Waals surface area (Å²) < 4.78 is 0. The molecule has 0 radical (unpaired) electrons. The molecular weight excluding hydrogens is 262 g/mol. The van der Waals surface area contributed by atoms with Crippen molar-refractivity contribution in [2.24, 2.45) is 11.8 Å². The molecule has 3 aromatic rings. The second-order valence-electron chi connectivity index (χ2n) is 6.26. The maximum atomic E-state index is 4.71. The molecule has 3 N–H and O–H groups in total. The van der Waals surface area contributed by atoms with Gasteiger partial charge in [-0.3, -0.25) is 5.10 Å². The minimum absolute atomic E-state index is 0.883. The summed E-state index contributed by atoms with van der Waals surface area (Å²) in [4.78, 5) is 8.13. The van der Waals surface area contributed by atoms with E-state index in [0.717, 1.165) is 52.9 Å². The molecule has 2 aliphatic carbocycles. The highest BCUT2D eigenvalue weighted by molar-refractivity contribution is 5.82. The van der Waals surface area contributed by atoms with Gasteiger partial charge in [-0.2, -0.15) is 5.10 Å². The molecule has 0 aliphatic heterocycles. The number of aromatic nitrogens is 4. The minimum atomic E-state index is 0.883. The first kappa shape index (κ1) is 11.4. The Bertz CT molecular complexity index is 844. The van der Waals surface area contributed by atoms with Gasteiger partial charge in [-0.25, -0.2) is 4.98 Å². The van der Waals surface area contributed by atoms with Crippen molar-refractivity contribution in [2.75, 3.05) is 12.4 Å². The summed E-state index contributed by atoms with van der Waals surface area (Å²) in [7, 11) is 1.93. The second-order valence-corrected chi connectivity index (χ2v) is 6.26. The third-order valence-corrected chi connectivity index (χ3v) is 4.95. The van der Waals surface area contributed by atoms with E-state index in [4.69, 9.17) is 4.98 Å². The van der Waals surface area contributed by atoms with Crippen LogP contribution in [0.2, 0.25) is 0 Å². The first-order chi connectivity index (χ1) is 10.3. The SMILES string of the molecule is CNc1ccc2nc(-c3n[nH]c4c3CC3CC3C4)[nH]c2c1. The zero-order valence-electron chi connectivity index (χ0n) is 11.9. The molecule has 1 aromatic carbocycles. The third kappa shape index (κ3) is 1.63. The Hall–Kier alpha value is -2.30. The van der Waals surface area contributed by atoms with Gasteiger partial charge in [0, 0.05) is 24.0 Å². The van der Waals surface area contributed by atoms with Crippen LogP contribution in [0.15, 0.2) is 18.2 Å². The van der Waals surface area contributed by atoms with E-state index in [1.165, 1.54) is 17.7 Å². The highest BCUT2D eigenvalue weighted by atomic mass is 15.1. The van der Waals surface area contributed by atoms with Crippen molar-refractivity contribution in [3.8, 4) is 11.5 Å². The number of imidazole rings is 1. The van der Waals surface area contributed by atoms with Gasteiger partial charge in [0.25, 0.3) is 0 Å². The molecule has 2 atom stereocenters. The average Bonchev–Trinajstić information content (AvgIpc) is 2.94. The monoisotopic (exact) mass is 279 g/mol. The highest BCUT2D eigenvalue weighted by Gasteiger charge is 2.43. The molecule has 2 aromatic heterocycles. The lowest BCUT2D eigenvalue weighted by Gasteiger charge is -2.09. The summed E-state index contributed by atoms with van der Waals surface area (Å²) in [6, 6.07) is 6.17. The normalized spacial score (nSPS) is 22.9. The van der Waals surface area contributed by atoms with Crippen LogP contribution in [0.1, 0.15) is 17.7 Å². The number of aromatic amines is 2.